The van der Waals surface area contributed by atoms with Crippen molar-refractivity contribution in [1.82, 2.24) is 3.97 Å². The van der Waals surface area contributed by atoms with Gasteiger partial charge < -0.3 is 4.74 Å². The van der Waals surface area contributed by atoms with E-state index in [1.54, 1.807) is 19.4 Å². The molecule has 0 radical (unpaired) electrons. The number of benzene rings is 1. The van der Waals surface area contributed by atoms with Crippen LogP contribution in [-0.4, -0.2) is 25.8 Å². The van der Waals surface area contributed by atoms with Crippen molar-refractivity contribution in [2.75, 3.05) is 13.4 Å². The topological polar surface area (TPSA) is 48.3 Å². The molecule has 0 aliphatic heterocycles. The molecule has 0 unspecified atom stereocenters. The number of halogens is 1. The molecule has 0 aliphatic carbocycles. The summed E-state index contributed by atoms with van der Waals surface area (Å²) in [6.45, 7) is 0. The van der Waals surface area contributed by atoms with Crippen LogP contribution in [-0.2, 0) is 10.0 Å². The maximum atomic E-state index is 11.6. The predicted molar refractivity (Wildman–Crippen MR) is 71.4 cm³/mol. The molecule has 0 amide bonds. The van der Waals surface area contributed by atoms with Crippen LogP contribution in [0.2, 0.25) is 0 Å². The Balaban J connectivity index is 2.86. The second kappa shape index (κ2) is 3.92. The van der Waals surface area contributed by atoms with E-state index in [-0.39, 0.29) is 0 Å². The molecule has 0 bridgehead atoms. The summed E-state index contributed by atoms with van der Waals surface area (Å²) in [6, 6.07) is 5.40. The van der Waals surface area contributed by atoms with Crippen molar-refractivity contribution in [3.8, 4) is 5.75 Å². The fourth-order valence-electron chi connectivity index (χ4n) is 1.54. The minimum absolute atomic E-state index is 0.645. The van der Waals surface area contributed by atoms with Gasteiger partial charge in [-0.2, -0.15) is 0 Å². The number of hydrogen-bond acceptors (Lipinski definition) is 3. The van der Waals surface area contributed by atoms with Crippen molar-refractivity contribution in [3.05, 3.63) is 28.0 Å². The molecule has 0 N–H and O–H groups in total. The van der Waals surface area contributed by atoms with Gasteiger partial charge in [-0.15, -0.1) is 0 Å². The summed E-state index contributed by atoms with van der Waals surface area (Å²) in [5, 5.41) is 0.909. The molecule has 0 saturated heterocycles. The Morgan fingerprint density at radius 1 is 1.38 bits per heavy atom. The Labute approximate surface area is 107 Å². The lowest BCUT2D eigenvalue weighted by atomic mass is 10.2. The Hall–Kier alpha value is -0.760. The Kier molecular flexibility index (Phi) is 2.87. The van der Waals surface area contributed by atoms with Gasteiger partial charge in [-0.25, -0.2) is 12.4 Å². The van der Waals surface area contributed by atoms with E-state index in [4.69, 9.17) is 4.74 Å². The van der Waals surface area contributed by atoms with Gasteiger partial charge in [-0.05, 0) is 34.7 Å². The summed E-state index contributed by atoms with van der Waals surface area (Å²) in [6.07, 6.45) is 2.79. The van der Waals surface area contributed by atoms with Crippen LogP contribution < -0.4 is 4.74 Å². The number of ether oxygens (including phenoxy) is 1. The molecule has 2 aromatic rings. The van der Waals surface area contributed by atoms with E-state index in [2.05, 4.69) is 22.6 Å². The van der Waals surface area contributed by atoms with Crippen molar-refractivity contribution in [2.24, 2.45) is 0 Å². The van der Waals surface area contributed by atoms with Gasteiger partial charge in [-0.3, -0.25) is 0 Å². The first-order chi connectivity index (χ1) is 7.43. The third-order valence-electron chi connectivity index (χ3n) is 2.29. The van der Waals surface area contributed by atoms with Gasteiger partial charge in [0.1, 0.15) is 5.75 Å². The highest BCUT2D eigenvalue weighted by atomic mass is 127. The minimum atomic E-state index is -3.28. The zero-order valence-electron chi connectivity index (χ0n) is 8.77. The van der Waals surface area contributed by atoms with Crippen LogP contribution in [0.4, 0.5) is 0 Å². The first-order valence-electron chi connectivity index (χ1n) is 4.48. The average Bonchev–Trinajstić information content (AvgIpc) is 2.55. The van der Waals surface area contributed by atoms with Crippen LogP contribution in [0.3, 0.4) is 0 Å². The average molecular weight is 351 g/mol. The summed E-state index contributed by atoms with van der Waals surface area (Å²) >= 11 is 2.12. The van der Waals surface area contributed by atoms with Crippen molar-refractivity contribution in [1.29, 1.82) is 0 Å². The van der Waals surface area contributed by atoms with Gasteiger partial charge >= 0.3 is 0 Å². The molecule has 0 spiro atoms. The minimum Gasteiger partial charge on any atom is -0.497 e. The molecule has 1 aromatic heterocycles. The first kappa shape index (κ1) is 11.7. The summed E-state index contributed by atoms with van der Waals surface area (Å²) in [5.74, 6) is 0.645. The molecule has 2 rings (SSSR count). The van der Waals surface area contributed by atoms with E-state index in [0.29, 0.717) is 11.3 Å². The smallest absolute Gasteiger partial charge is 0.236 e. The van der Waals surface area contributed by atoms with E-state index in [1.807, 2.05) is 12.1 Å². The molecule has 1 aromatic carbocycles. The fraction of sp³-hybridized carbons (Fsp3) is 0.200. The SMILES string of the molecule is COc1ccc2c(I)cn(S(C)(=O)=O)c2c1. The van der Waals surface area contributed by atoms with E-state index in [1.165, 1.54) is 10.2 Å². The number of nitrogens with zero attached hydrogens (tertiary/aromatic N) is 1. The predicted octanol–water partition coefficient (Wildman–Crippen LogP) is 2.06. The highest BCUT2D eigenvalue weighted by Gasteiger charge is 2.13. The van der Waals surface area contributed by atoms with Gasteiger partial charge in [0.2, 0.25) is 10.0 Å². The fourth-order valence-corrected chi connectivity index (χ4v) is 3.27. The molecule has 0 aliphatic rings. The number of methoxy groups -OCH3 is 1. The Morgan fingerprint density at radius 2 is 2.06 bits per heavy atom. The van der Waals surface area contributed by atoms with Crippen LogP contribution in [0.1, 0.15) is 0 Å². The van der Waals surface area contributed by atoms with Crippen LogP contribution in [0.15, 0.2) is 24.4 Å². The van der Waals surface area contributed by atoms with Crippen molar-refractivity contribution >= 4 is 43.5 Å². The molecular formula is C10H10INO3S. The van der Waals surface area contributed by atoms with Crippen LogP contribution >= 0.6 is 22.6 Å². The largest absolute Gasteiger partial charge is 0.497 e. The van der Waals surface area contributed by atoms with Crippen LogP contribution in [0.5, 0.6) is 5.75 Å². The summed E-state index contributed by atoms with van der Waals surface area (Å²) in [5.41, 5.74) is 0.645. The number of fused-ring (bicyclic) bond motifs is 1. The first-order valence-corrected chi connectivity index (χ1v) is 7.41. The van der Waals surface area contributed by atoms with Crippen molar-refractivity contribution in [2.45, 2.75) is 0 Å². The number of rotatable bonds is 2. The quantitative estimate of drug-likeness (QED) is 0.779. The molecule has 86 valence electrons. The van der Waals surface area contributed by atoms with Gasteiger partial charge in [0, 0.05) is 21.2 Å². The number of aromatic nitrogens is 1. The van der Waals surface area contributed by atoms with E-state index in [9.17, 15) is 8.42 Å². The maximum Gasteiger partial charge on any atom is 0.236 e. The maximum absolute atomic E-state index is 11.6. The van der Waals surface area contributed by atoms with E-state index in [0.717, 1.165) is 8.96 Å². The highest BCUT2D eigenvalue weighted by Crippen LogP contribution is 2.27. The zero-order chi connectivity index (χ0) is 11.9. The van der Waals surface area contributed by atoms with Crippen LogP contribution in [0.25, 0.3) is 10.9 Å². The lowest BCUT2D eigenvalue weighted by Gasteiger charge is -2.03. The normalized spacial score (nSPS) is 11.9. The Morgan fingerprint density at radius 3 is 2.62 bits per heavy atom. The third kappa shape index (κ3) is 1.91. The van der Waals surface area contributed by atoms with E-state index >= 15 is 0 Å². The lowest BCUT2D eigenvalue weighted by molar-refractivity contribution is 0.415. The molecule has 4 nitrogen and oxygen atoms in total. The summed E-state index contributed by atoms with van der Waals surface area (Å²) in [4.78, 5) is 0. The number of hydrogen-bond donors (Lipinski definition) is 0. The van der Waals surface area contributed by atoms with Crippen molar-refractivity contribution in [3.63, 3.8) is 0 Å². The van der Waals surface area contributed by atoms with Gasteiger partial charge in [0.25, 0.3) is 0 Å². The molecular weight excluding hydrogens is 341 g/mol. The van der Waals surface area contributed by atoms with Gasteiger partial charge in [0.05, 0.1) is 18.9 Å². The summed E-state index contributed by atoms with van der Waals surface area (Å²) < 4.78 is 30.4. The zero-order valence-corrected chi connectivity index (χ0v) is 11.7. The molecule has 0 saturated carbocycles. The third-order valence-corrected chi connectivity index (χ3v) is 4.16. The van der Waals surface area contributed by atoms with Crippen LogP contribution in [0, 0.1) is 3.57 Å². The highest BCUT2D eigenvalue weighted by molar-refractivity contribution is 14.1. The molecule has 6 heteroatoms. The lowest BCUT2D eigenvalue weighted by Crippen LogP contribution is -2.08. The van der Waals surface area contributed by atoms with Gasteiger partial charge in [0.15, 0.2) is 0 Å². The molecule has 1 heterocycles. The monoisotopic (exact) mass is 351 g/mol. The van der Waals surface area contributed by atoms with Crippen molar-refractivity contribution < 1.29 is 13.2 Å². The molecule has 0 atom stereocenters. The standard InChI is InChI=1S/C10H10INO3S/c1-15-7-3-4-8-9(11)6-12(10(8)5-7)16(2,13)14/h3-6H,1-2H3. The summed E-state index contributed by atoms with van der Waals surface area (Å²) in [7, 11) is -1.72. The molecule has 0 fully saturated rings. The van der Waals surface area contributed by atoms with Gasteiger partial charge in [-0.1, -0.05) is 0 Å². The van der Waals surface area contributed by atoms with E-state index < -0.39 is 10.0 Å². The Bertz CT molecular complexity index is 645. The molecule has 16 heavy (non-hydrogen) atoms. The second-order valence-corrected chi connectivity index (χ2v) is 6.44. The second-order valence-electron chi connectivity index (χ2n) is 3.42.